The number of rotatable bonds is 1. The Balaban J connectivity index is 2.25. The average molecular weight is 375 g/mol. The molecule has 2 rings (SSSR count). The maximum atomic E-state index is 11.7. The standard InChI is InChI=1S/C13H14INO2S/c1-13(2,3)17-12(16)15-10-5-4-9(14)11-8(10)6-7-18-11/h4-7H,1-3H3,(H,15,16). The first-order valence-corrected chi connectivity index (χ1v) is 7.48. The van der Waals surface area contributed by atoms with E-state index in [2.05, 4.69) is 27.9 Å². The molecule has 0 saturated carbocycles. The summed E-state index contributed by atoms with van der Waals surface area (Å²) in [5, 5.41) is 5.87. The van der Waals surface area contributed by atoms with Crippen LogP contribution in [0.25, 0.3) is 10.1 Å². The van der Waals surface area contributed by atoms with Gasteiger partial charge in [0.05, 0.1) is 5.69 Å². The van der Waals surface area contributed by atoms with Gasteiger partial charge in [-0.25, -0.2) is 4.79 Å². The van der Waals surface area contributed by atoms with Crippen molar-refractivity contribution in [3.63, 3.8) is 0 Å². The highest BCUT2D eigenvalue weighted by atomic mass is 127. The Morgan fingerprint density at radius 2 is 2.06 bits per heavy atom. The van der Waals surface area contributed by atoms with E-state index in [0.717, 1.165) is 11.1 Å². The molecule has 0 aliphatic carbocycles. The van der Waals surface area contributed by atoms with Crippen molar-refractivity contribution in [3.8, 4) is 0 Å². The van der Waals surface area contributed by atoms with Crippen molar-refractivity contribution >= 4 is 55.8 Å². The van der Waals surface area contributed by atoms with Crippen molar-refractivity contribution < 1.29 is 9.53 Å². The van der Waals surface area contributed by atoms with Gasteiger partial charge in [0.15, 0.2) is 0 Å². The second kappa shape index (κ2) is 5.05. The first-order chi connectivity index (χ1) is 8.37. The van der Waals surface area contributed by atoms with Gasteiger partial charge >= 0.3 is 6.09 Å². The predicted octanol–water partition coefficient (Wildman–Crippen LogP) is 4.85. The molecule has 0 bridgehead atoms. The molecule has 96 valence electrons. The smallest absolute Gasteiger partial charge is 0.412 e. The number of carbonyl (C=O) groups is 1. The molecule has 1 aromatic carbocycles. The van der Waals surface area contributed by atoms with Gasteiger partial charge in [-0.3, -0.25) is 5.32 Å². The number of amides is 1. The summed E-state index contributed by atoms with van der Waals surface area (Å²) in [5.74, 6) is 0. The largest absolute Gasteiger partial charge is 0.444 e. The van der Waals surface area contributed by atoms with Crippen molar-refractivity contribution in [3.05, 3.63) is 27.1 Å². The molecule has 0 saturated heterocycles. The van der Waals surface area contributed by atoms with Gasteiger partial charge in [0.2, 0.25) is 0 Å². The van der Waals surface area contributed by atoms with Gasteiger partial charge < -0.3 is 4.74 Å². The van der Waals surface area contributed by atoms with Gasteiger partial charge in [-0.2, -0.15) is 0 Å². The molecule has 1 amide bonds. The second-order valence-corrected chi connectivity index (χ2v) is 6.96. The van der Waals surface area contributed by atoms with Crippen LogP contribution in [-0.4, -0.2) is 11.7 Å². The topological polar surface area (TPSA) is 38.3 Å². The van der Waals surface area contributed by atoms with E-state index in [1.54, 1.807) is 11.3 Å². The Kier molecular flexibility index (Phi) is 3.82. The molecule has 0 atom stereocenters. The highest BCUT2D eigenvalue weighted by Gasteiger charge is 2.17. The summed E-state index contributed by atoms with van der Waals surface area (Å²) >= 11 is 3.96. The molecule has 3 nitrogen and oxygen atoms in total. The summed E-state index contributed by atoms with van der Waals surface area (Å²) in [5.41, 5.74) is 0.307. The van der Waals surface area contributed by atoms with Gasteiger partial charge in [-0.1, -0.05) is 0 Å². The molecular formula is C13H14INO2S. The third-order valence-corrected chi connectivity index (χ3v) is 4.42. The Morgan fingerprint density at radius 1 is 1.33 bits per heavy atom. The molecule has 0 radical (unpaired) electrons. The number of benzene rings is 1. The molecule has 1 aromatic heterocycles. The van der Waals surface area contributed by atoms with Crippen LogP contribution in [0, 0.1) is 3.57 Å². The zero-order chi connectivity index (χ0) is 13.3. The SMILES string of the molecule is CC(C)(C)OC(=O)Nc1ccc(I)c2sccc12. The zero-order valence-electron chi connectivity index (χ0n) is 10.4. The first-order valence-electron chi connectivity index (χ1n) is 5.52. The van der Waals surface area contributed by atoms with Crippen LogP contribution in [0.15, 0.2) is 23.6 Å². The van der Waals surface area contributed by atoms with Crippen molar-refractivity contribution in [2.45, 2.75) is 26.4 Å². The van der Waals surface area contributed by atoms with Crippen molar-refractivity contribution in [2.75, 3.05) is 5.32 Å². The maximum Gasteiger partial charge on any atom is 0.412 e. The maximum absolute atomic E-state index is 11.7. The lowest BCUT2D eigenvalue weighted by atomic mass is 10.2. The van der Waals surface area contributed by atoms with E-state index in [-0.39, 0.29) is 0 Å². The van der Waals surface area contributed by atoms with Gasteiger partial charge in [-0.15, -0.1) is 11.3 Å². The molecule has 18 heavy (non-hydrogen) atoms. The summed E-state index contributed by atoms with van der Waals surface area (Å²) < 4.78 is 7.62. The second-order valence-electron chi connectivity index (χ2n) is 4.89. The number of anilines is 1. The molecule has 0 unspecified atom stereocenters. The number of halogens is 1. The normalized spacial score (nSPS) is 11.6. The van der Waals surface area contributed by atoms with Crippen molar-refractivity contribution in [1.82, 2.24) is 0 Å². The minimum absolute atomic E-state index is 0.420. The van der Waals surface area contributed by atoms with Crippen molar-refractivity contribution in [1.29, 1.82) is 0 Å². The van der Waals surface area contributed by atoms with Gasteiger partial charge in [0, 0.05) is 13.7 Å². The third-order valence-electron chi connectivity index (χ3n) is 2.20. The Morgan fingerprint density at radius 3 is 2.72 bits per heavy atom. The summed E-state index contributed by atoms with van der Waals surface area (Å²) in [6, 6.07) is 5.90. The molecule has 0 spiro atoms. The molecule has 1 heterocycles. The van der Waals surface area contributed by atoms with E-state index in [1.807, 2.05) is 44.4 Å². The number of carbonyl (C=O) groups excluding carboxylic acids is 1. The minimum atomic E-state index is -0.485. The molecule has 0 fully saturated rings. The van der Waals surface area contributed by atoms with E-state index >= 15 is 0 Å². The van der Waals surface area contributed by atoms with Gasteiger partial charge in [0.1, 0.15) is 5.60 Å². The van der Waals surface area contributed by atoms with E-state index in [9.17, 15) is 4.79 Å². The number of nitrogens with one attached hydrogen (secondary N) is 1. The molecule has 2 aromatic rings. The lowest BCUT2D eigenvalue weighted by molar-refractivity contribution is 0.0636. The lowest BCUT2D eigenvalue weighted by Gasteiger charge is -2.20. The molecule has 1 N–H and O–H groups in total. The fraction of sp³-hybridized carbons (Fsp3) is 0.308. The number of fused-ring (bicyclic) bond motifs is 1. The van der Waals surface area contributed by atoms with E-state index in [4.69, 9.17) is 4.74 Å². The third kappa shape index (κ3) is 3.14. The highest BCUT2D eigenvalue weighted by Crippen LogP contribution is 2.32. The zero-order valence-corrected chi connectivity index (χ0v) is 13.4. The quantitative estimate of drug-likeness (QED) is 0.724. The summed E-state index contributed by atoms with van der Waals surface area (Å²) in [7, 11) is 0. The summed E-state index contributed by atoms with van der Waals surface area (Å²) in [6.45, 7) is 5.54. The van der Waals surface area contributed by atoms with Crippen LogP contribution < -0.4 is 5.32 Å². The Bertz CT molecular complexity index is 586. The van der Waals surface area contributed by atoms with Crippen LogP contribution >= 0.6 is 33.9 Å². The monoisotopic (exact) mass is 375 g/mol. The van der Waals surface area contributed by atoms with Crippen molar-refractivity contribution in [2.24, 2.45) is 0 Å². The average Bonchev–Trinajstić information content (AvgIpc) is 2.69. The molecule has 0 aliphatic rings. The molecule has 5 heteroatoms. The molecule has 0 aliphatic heterocycles. The first kappa shape index (κ1) is 13.6. The lowest BCUT2D eigenvalue weighted by Crippen LogP contribution is -2.27. The van der Waals surface area contributed by atoms with Crippen LogP contribution in [0.5, 0.6) is 0 Å². The van der Waals surface area contributed by atoms with Gasteiger partial charge in [0.25, 0.3) is 0 Å². The van der Waals surface area contributed by atoms with Crippen LogP contribution in [0.3, 0.4) is 0 Å². The Hall–Kier alpha value is -0.820. The number of thiophene rings is 1. The number of ether oxygens (including phenoxy) is 1. The number of hydrogen-bond acceptors (Lipinski definition) is 3. The van der Waals surface area contributed by atoms with Crippen LogP contribution in [0.1, 0.15) is 20.8 Å². The molecular weight excluding hydrogens is 361 g/mol. The van der Waals surface area contributed by atoms with E-state index in [0.29, 0.717) is 0 Å². The fourth-order valence-corrected chi connectivity index (χ4v) is 3.23. The van der Waals surface area contributed by atoms with Gasteiger partial charge in [-0.05, 0) is 66.9 Å². The minimum Gasteiger partial charge on any atom is -0.444 e. The van der Waals surface area contributed by atoms with E-state index < -0.39 is 11.7 Å². The summed E-state index contributed by atoms with van der Waals surface area (Å²) in [6.07, 6.45) is -0.420. The number of hydrogen-bond donors (Lipinski definition) is 1. The van der Waals surface area contributed by atoms with Crippen LogP contribution in [0.4, 0.5) is 10.5 Å². The van der Waals surface area contributed by atoms with Crippen LogP contribution in [-0.2, 0) is 4.74 Å². The van der Waals surface area contributed by atoms with E-state index in [1.165, 1.54) is 8.27 Å². The fourth-order valence-electron chi connectivity index (χ4n) is 1.55. The predicted molar refractivity (Wildman–Crippen MR) is 84.4 cm³/mol. The van der Waals surface area contributed by atoms with Crippen LogP contribution in [0.2, 0.25) is 0 Å². The Labute approximate surface area is 124 Å². The summed E-state index contributed by atoms with van der Waals surface area (Å²) in [4.78, 5) is 11.7. The highest BCUT2D eigenvalue weighted by molar-refractivity contribution is 14.1.